The summed E-state index contributed by atoms with van der Waals surface area (Å²) in [6.07, 6.45) is 0. The molecule has 2 aromatic carbocycles. The van der Waals surface area contributed by atoms with Gasteiger partial charge in [-0.2, -0.15) is 0 Å². The van der Waals surface area contributed by atoms with E-state index in [1.807, 2.05) is 37.3 Å². The minimum absolute atomic E-state index is 0.0769. The number of rotatable bonds is 5. The molecule has 0 saturated heterocycles. The predicted molar refractivity (Wildman–Crippen MR) is 93.6 cm³/mol. The van der Waals surface area contributed by atoms with Crippen LogP contribution in [0.25, 0.3) is 0 Å². The number of hydrogen-bond donors (Lipinski definition) is 1. The summed E-state index contributed by atoms with van der Waals surface area (Å²) in [5.74, 6) is 0.0769. The smallest absolute Gasteiger partial charge is 0.246 e. The zero-order valence-corrected chi connectivity index (χ0v) is 13.8. The van der Waals surface area contributed by atoms with Crippen LogP contribution in [0.3, 0.4) is 0 Å². The molecular formula is C19H24N2O. The number of benzene rings is 2. The van der Waals surface area contributed by atoms with Gasteiger partial charge in [0.1, 0.15) is 0 Å². The molecular weight excluding hydrogens is 272 g/mol. The molecule has 0 spiro atoms. The number of nitrogens with zero attached hydrogens (tertiary/aromatic N) is 1. The summed E-state index contributed by atoms with van der Waals surface area (Å²) in [4.78, 5) is 14.3. The van der Waals surface area contributed by atoms with Crippen molar-refractivity contribution in [1.29, 1.82) is 0 Å². The van der Waals surface area contributed by atoms with Crippen molar-refractivity contribution in [2.45, 2.75) is 27.7 Å². The van der Waals surface area contributed by atoms with Crippen LogP contribution in [0.1, 0.15) is 23.6 Å². The van der Waals surface area contributed by atoms with Crippen molar-refractivity contribution in [2.24, 2.45) is 0 Å². The number of carbonyl (C=O) groups is 1. The highest BCUT2D eigenvalue weighted by Gasteiger charge is 2.14. The summed E-state index contributed by atoms with van der Waals surface area (Å²) < 4.78 is 0. The van der Waals surface area contributed by atoms with E-state index < -0.39 is 0 Å². The van der Waals surface area contributed by atoms with E-state index >= 15 is 0 Å². The number of carbonyl (C=O) groups excluding carboxylic acids is 1. The lowest BCUT2D eigenvalue weighted by atomic mass is 10.1. The van der Waals surface area contributed by atoms with E-state index in [1.165, 1.54) is 16.7 Å². The first-order valence-electron chi connectivity index (χ1n) is 7.70. The molecule has 0 atom stereocenters. The van der Waals surface area contributed by atoms with E-state index in [-0.39, 0.29) is 5.91 Å². The molecule has 0 bridgehead atoms. The van der Waals surface area contributed by atoms with Crippen LogP contribution < -0.4 is 10.2 Å². The van der Waals surface area contributed by atoms with Crippen molar-refractivity contribution in [3.63, 3.8) is 0 Å². The van der Waals surface area contributed by atoms with E-state index in [4.69, 9.17) is 0 Å². The number of hydrogen-bond acceptors (Lipinski definition) is 2. The van der Waals surface area contributed by atoms with Gasteiger partial charge >= 0.3 is 0 Å². The van der Waals surface area contributed by atoms with E-state index in [2.05, 4.69) is 38.2 Å². The molecule has 2 aromatic rings. The molecule has 0 aliphatic rings. The normalized spacial score (nSPS) is 10.4. The summed E-state index contributed by atoms with van der Waals surface area (Å²) in [6, 6.07) is 14.1. The molecule has 0 radical (unpaired) electrons. The molecule has 3 heteroatoms. The van der Waals surface area contributed by atoms with Crippen LogP contribution >= 0.6 is 0 Å². The monoisotopic (exact) mass is 296 g/mol. The number of likely N-dealkylation sites (N-methyl/N-ethyl adjacent to an activating group) is 1. The van der Waals surface area contributed by atoms with Crippen molar-refractivity contribution in [1.82, 2.24) is 0 Å². The first-order chi connectivity index (χ1) is 10.5. The molecule has 1 N–H and O–H groups in total. The Morgan fingerprint density at radius 1 is 1.05 bits per heavy atom. The van der Waals surface area contributed by atoms with Gasteiger partial charge in [0.25, 0.3) is 0 Å². The fourth-order valence-electron chi connectivity index (χ4n) is 2.83. The third kappa shape index (κ3) is 3.67. The summed E-state index contributed by atoms with van der Waals surface area (Å²) in [7, 11) is 0. The molecule has 3 nitrogen and oxygen atoms in total. The van der Waals surface area contributed by atoms with Crippen LogP contribution in [0.15, 0.2) is 42.5 Å². The molecule has 116 valence electrons. The molecule has 0 unspecified atom stereocenters. The van der Waals surface area contributed by atoms with E-state index in [0.29, 0.717) is 13.1 Å². The molecule has 2 rings (SSSR count). The number of amides is 1. The zero-order valence-electron chi connectivity index (χ0n) is 13.8. The van der Waals surface area contributed by atoms with E-state index in [0.717, 1.165) is 11.4 Å². The van der Waals surface area contributed by atoms with Gasteiger partial charge in [0, 0.05) is 17.9 Å². The second kappa shape index (κ2) is 7.12. The Hall–Kier alpha value is -2.29. The fraction of sp³-hybridized carbons (Fsp3) is 0.316. The third-order valence-corrected chi connectivity index (χ3v) is 3.78. The van der Waals surface area contributed by atoms with Gasteiger partial charge in [-0.25, -0.2) is 0 Å². The summed E-state index contributed by atoms with van der Waals surface area (Å²) >= 11 is 0. The Kier molecular flexibility index (Phi) is 5.21. The maximum atomic E-state index is 12.5. The van der Waals surface area contributed by atoms with Gasteiger partial charge in [0.15, 0.2) is 0 Å². The number of nitrogens with one attached hydrogen (secondary N) is 1. The highest BCUT2D eigenvalue weighted by molar-refractivity contribution is 5.96. The molecule has 0 fully saturated rings. The molecule has 0 aliphatic heterocycles. The molecule has 0 aliphatic carbocycles. The summed E-state index contributed by atoms with van der Waals surface area (Å²) in [6.45, 7) is 9.18. The number of aryl methyl sites for hydroxylation is 3. The van der Waals surface area contributed by atoms with Crippen LogP contribution in [0.2, 0.25) is 0 Å². The van der Waals surface area contributed by atoms with Crippen LogP contribution in [0.5, 0.6) is 0 Å². The van der Waals surface area contributed by atoms with Crippen molar-refractivity contribution >= 4 is 17.3 Å². The lowest BCUT2D eigenvalue weighted by Gasteiger charge is -2.22. The zero-order chi connectivity index (χ0) is 16.1. The molecule has 0 aromatic heterocycles. The lowest BCUT2D eigenvalue weighted by Crippen LogP contribution is -2.35. The third-order valence-electron chi connectivity index (χ3n) is 3.78. The summed E-state index contributed by atoms with van der Waals surface area (Å²) in [5, 5.41) is 3.30. The van der Waals surface area contributed by atoms with Crippen LogP contribution in [0, 0.1) is 20.8 Å². The van der Waals surface area contributed by atoms with Gasteiger partial charge in [0.2, 0.25) is 5.91 Å². The van der Waals surface area contributed by atoms with Crippen LogP contribution in [-0.2, 0) is 4.79 Å². The largest absolute Gasteiger partial charge is 0.376 e. The van der Waals surface area contributed by atoms with Crippen molar-refractivity contribution < 1.29 is 4.79 Å². The first-order valence-corrected chi connectivity index (χ1v) is 7.70. The molecule has 0 heterocycles. The molecule has 1 amide bonds. The predicted octanol–water partition coefficient (Wildman–Crippen LogP) is 4.08. The topological polar surface area (TPSA) is 32.3 Å². The maximum absolute atomic E-state index is 12.5. The van der Waals surface area contributed by atoms with E-state index in [9.17, 15) is 4.79 Å². The minimum atomic E-state index is 0.0769. The first kappa shape index (κ1) is 16.1. The second-order valence-corrected chi connectivity index (χ2v) is 5.60. The Morgan fingerprint density at radius 3 is 2.18 bits per heavy atom. The Labute approximate surface area is 133 Å². The number of anilines is 2. The standard InChI is InChI=1S/C19H24N2O/c1-5-21(17-9-7-6-8-10-17)18(22)13-20-19-15(3)11-14(2)12-16(19)4/h6-12,20H,5,13H2,1-4H3. The van der Waals surface area contributed by atoms with Crippen molar-refractivity contribution in [3.05, 3.63) is 59.2 Å². The molecule has 0 saturated carbocycles. The van der Waals surface area contributed by atoms with Crippen molar-refractivity contribution in [2.75, 3.05) is 23.3 Å². The van der Waals surface area contributed by atoms with Gasteiger partial charge in [-0.05, 0) is 51.0 Å². The van der Waals surface area contributed by atoms with Gasteiger partial charge in [-0.3, -0.25) is 4.79 Å². The highest BCUT2D eigenvalue weighted by atomic mass is 16.2. The van der Waals surface area contributed by atoms with E-state index in [1.54, 1.807) is 4.90 Å². The lowest BCUT2D eigenvalue weighted by molar-refractivity contribution is -0.116. The van der Waals surface area contributed by atoms with Gasteiger partial charge in [0.05, 0.1) is 6.54 Å². The average Bonchev–Trinajstić information content (AvgIpc) is 2.48. The maximum Gasteiger partial charge on any atom is 0.246 e. The van der Waals surface area contributed by atoms with Gasteiger partial charge in [-0.1, -0.05) is 35.9 Å². The quantitative estimate of drug-likeness (QED) is 0.901. The average molecular weight is 296 g/mol. The van der Waals surface area contributed by atoms with Crippen molar-refractivity contribution in [3.8, 4) is 0 Å². The van der Waals surface area contributed by atoms with Gasteiger partial charge in [-0.15, -0.1) is 0 Å². The highest BCUT2D eigenvalue weighted by Crippen LogP contribution is 2.22. The van der Waals surface area contributed by atoms with Crippen LogP contribution in [0.4, 0.5) is 11.4 Å². The van der Waals surface area contributed by atoms with Crippen LogP contribution in [-0.4, -0.2) is 19.0 Å². The molecule has 22 heavy (non-hydrogen) atoms. The Bertz CT molecular complexity index is 627. The SMILES string of the molecule is CCN(C(=O)CNc1c(C)cc(C)cc1C)c1ccccc1. The minimum Gasteiger partial charge on any atom is -0.376 e. The fourth-order valence-corrected chi connectivity index (χ4v) is 2.83. The van der Waals surface area contributed by atoms with Gasteiger partial charge < -0.3 is 10.2 Å². The Balaban J connectivity index is 2.09. The summed E-state index contributed by atoms with van der Waals surface area (Å²) in [5.41, 5.74) is 5.59. The second-order valence-electron chi connectivity index (χ2n) is 5.60. The Morgan fingerprint density at radius 2 is 1.64 bits per heavy atom. The number of para-hydroxylation sites is 1.